The van der Waals surface area contributed by atoms with Crippen molar-refractivity contribution in [1.29, 1.82) is 0 Å². The second-order valence-electron chi connectivity index (χ2n) is 11.5. The normalized spacial score (nSPS) is 19.8. The Balaban J connectivity index is 1.31. The molecule has 0 aliphatic carbocycles. The lowest BCUT2D eigenvalue weighted by molar-refractivity contribution is 0.488. The molecule has 1 radical (unpaired) electrons. The van der Waals surface area contributed by atoms with E-state index in [9.17, 15) is 12.3 Å². The lowest BCUT2D eigenvalue weighted by Gasteiger charge is -2.25. The minimum atomic E-state index is -1.04. The van der Waals surface area contributed by atoms with Gasteiger partial charge in [-0.15, -0.1) is 12.6 Å². The molecule has 0 amide bonds. The summed E-state index contributed by atoms with van der Waals surface area (Å²) in [6.07, 6.45) is 0. The molecular weight excluding hydrogens is 663 g/mol. The molecule has 0 fully saturated rings. The van der Waals surface area contributed by atoms with Gasteiger partial charge in [0.2, 0.25) is 7.28 Å². The van der Waals surface area contributed by atoms with Crippen molar-refractivity contribution in [3.05, 3.63) is 175 Å². The van der Waals surface area contributed by atoms with E-state index in [-0.39, 0.29) is 0 Å². The molecule has 10 aromatic rings. The Bertz CT molecular complexity index is 4580. The van der Waals surface area contributed by atoms with Crippen molar-refractivity contribution in [2.75, 3.05) is 0 Å². The number of rotatable bonds is 4. The van der Waals surface area contributed by atoms with Crippen molar-refractivity contribution in [2.45, 2.75) is 4.90 Å². The number of para-hydroxylation sites is 5. The summed E-state index contributed by atoms with van der Waals surface area (Å²) in [6.45, 7) is 0. The number of fused-ring (bicyclic) bond motifs is 8. The summed E-state index contributed by atoms with van der Waals surface area (Å²) in [5.41, 5.74) is -7.84. The number of hydrogen-bond acceptors (Lipinski definition) is 2. The third-order valence-electron chi connectivity index (χ3n) is 8.64. The molecular formula is C48H30BN2OS. The molecule has 3 heterocycles. The van der Waals surface area contributed by atoms with Gasteiger partial charge in [-0.2, -0.15) is 0 Å². The second-order valence-corrected chi connectivity index (χ2v) is 11.9. The molecule has 0 atom stereocenters. The van der Waals surface area contributed by atoms with Gasteiger partial charge in [0, 0.05) is 38.0 Å². The highest BCUT2D eigenvalue weighted by molar-refractivity contribution is 7.80. The second kappa shape index (κ2) is 11.8. The topological polar surface area (TPSA) is 19.1 Å². The maximum Gasteiger partial charge on any atom is 0.202 e. The Labute approximate surface area is 353 Å². The highest BCUT2D eigenvalue weighted by Gasteiger charge is 2.26. The number of aromatic nitrogens is 2. The molecule has 1 aliphatic rings. The number of nitrogens with zero attached hydrogens (tertiary/aromatic N) is 2. The fourth-order valence-corrected chi connectivity index (χ4v) is 6.64. The molecule has 0 saturated carbocycles. The minimum Gasteiger partial charge on any atom is -0.458 e. The average molecular weight is 723 g/mol. The van der Waals surface area contributed by atoms with E-state index in [1.54, 1.807) is 0 Å². The van der Waals surface area contributed by atoms with Crippen LogP contribution in [0.25, 0.3) is 77.2 Å². The SMILES string of the molecule is [2H]c1c([2H])c([2H])c(-c2c([2H])c(-n3c4c([2H])c([2H])c([2H])c([2H])c4c4c([2H])c([2H])c([2H])c([2H])c43)c([2H])c3c2[B]c2c([2H])c([2H])c(-c4c([2H])c([2H])c([2H])c([2H])c4-n4c5c([2H])c([2H])c([2H])c([2H])c5c5c([2H])c([2H])c([2H])c([2H])c54)c([2H])c2O3)c(S)c1[2H]. The maximum absolute atomic E-state index is 10.0. The molecule has 247 valence electrons. The zero-order valence-corrected chi connectivity index (χ0v) is 27.2. The number of benzene rings is 8. The Kier molecular flexibility index (Phi) is 2.94. The molecule has 2 aromatic heterocycles. The molecule has 8 aromatic carbocycles. The molecule has 53 heavy (non-hydrogen) atoms. The Hall–Kier alpha value is -6.43. The largest absolute Gasteiger partial charge is 0.458 e. The van der Waals surface area contributed by atoms with Gasteiger partial charge < -0.3 is 13.9 Å². The van der Waals surface area contributed by atoms with E-state index < -0.39 is 280 Å². The van der Waals surface area contributed by atoms with Gasteiger partial charge in [-0.25, -0.2) is 0 Å². The number of thiol groups is 1. The Morgan fingerprint density at radius 1 is 0.472 bits per heavy atom. The summed E-state index contributed by atoms with van der Waals surface area (Å²) in [5, 5.41) is -1.99. The van der Waals surface area contributed by atoms with Crippen molar-refractivity contribution in [2.24, 2.45) is 0 Å². The van der Waals surface area contributed by atoms with Crippen LogP contribution in [0.5, 0.6) is 11.5 Å². The average Bonchev–Trinajstić information content (AvgIpc) is 1.57. The van der Waals surface area contributed by atoms with Crippen molar-refractivity contribution in [3.63, 3.8) is 0 Å². The van der Waals surface area contributed by atoms with E-state index in [0.29, 0.717) is 0 Å². The van der Waals surface area contributed by atoms with Gasteiger partial charge in [-0.05, 0) is 76.0 Å². The molecule has 0 spiro atoms. The third kappa shape index (κ3) is 4.64. The van der Waals surface area contributed by atoms with Crippen LogP contribution in [0.3, 0.4) is 0 Å². The van der Waals surface area contributed by atoms with Crippen molar-refractivity contribution >= 4 is 74.4 Å². The van der Waals surface area contributed by atoms with Crippen LogP contribution in [0, 0.1) is 0 Å². The Morgan fingerprint density at radius 2 is 1.00 bits per heavy atom. The fourth-order valence-electron chi connectivity index (χ4n) is 6.41. The van der Waals surface area contributed by atoms with Crippen molar-refractivity contribution in [3.8, 4) is 45.1 Å². The summed E-state index contributed by atoms with van der Waals surface area (Å²) in [6, 6.07) is -25.7. The first-order valence-electron chi connectivity index (χ1n) is 30.1. The molecule has 0 saturated heterocycles. The van der Waals surface area contributed by atoms with E-state index in [1.807, 2.05) is 0 Å². The zero-order valence-electron chi connectivity index (χ0n) is 55.3. The van der Waals surface area contributed by atoms with Crippen LogP contribution in [-0.2, 0) is 0 Å². The highest BCUT2D eigenvalue weighted by atomic mass is 32.1. The smallest absolute Gasteiger partial charge is 0.202 e. The molecule has 3 nitrogen and oxygen atoms in total. The van der Waals surface area contributed by atoms with Crippen LogP contribution in [0.1, 0.15) is 39.8 Å². The van der Waals surface area contributed by atoms with E-state index in [2.05, 4.69) is 12.6 Å². The minimum absolute atomic E-state index is 0.452. The van der Waals surface area contributed by atoms with Crippen LogP contribution in [-0.4, -0.2) is 16.4 Å². The predicted octanol–water partition coefficient (Wildman–Crippen LogP) is 11.3. The summed E-state index contributed by atoms with van der Waals surface area (Å²) in [4.78, 5) is -0.509. The first kappa shape index (κ1) is 13.2. The fraction of sp³-hybridized carbons (Fsp3) is 0. The summed E-state index contributed by atoms with van der Waals surface area (Å²) in [7, 11) is 1.02. The molecule has 5 heteroatoms. The van der Waals surface area contributed by atoms with Gasteiger partial charge in [-0.3, -0.25) is 0 Å². The van der Waals surface area contributed by atoms with Gasteiger partial charge in [0.1, 0.15) is 11.5 Å². The lowest BCUT2D eigenvalue weighted by atomic mass is 9.59. The molecule has 0 bridgehead atoms. The molecule has 11 rings (SSSR count). The van der Waals surface area contributed by atoms with Gasteiger partial charge in [-0.1, -0.05) is 121 Å². The zero-order chi connectivity index (χ0) is 60.3. The van der Waals surface area contributed by atoms with Gasteiger partial charge in [0.15, 0.2) is 0 Å². The van der Waals surface area contributed by atoms with E-state index in [4.69, 9.17) is 32.2 Å². The monoisotopic (exact) mass is 722 g/mol. The van der Waals surface area contributed by atoms with Crippen LogP contribution in [0.2, 0.25) is 0 Å². The summed E-state index contributed by atoms with van der Waals surface area (Å²) in [5.74, 6) is -1.53. The standard InChI is InChI=1S/C48H30BN2OS/c53-47-24-12-6-18-37(47)38-28-31(50-41-20-8-2-14-33(41)34-15-3-9-21-42(34)50)29-46-48(38)49-39-26-25-30(27-45(39)52-46)32-13-1-7-19-40(32)51-43-22-10-4-16-35(43)36-17-5-11-23-44(36)51/h1-29,53H/i1D,2D,3D,4D,5D,6D,7D,8D,9D,10D,11D,12D,13D,14D,15D,16D,17D,18D,19D,20D,21D,22D,23D,24D,25D,26D,27D,28D,29D. The lowest BCUT2D eigenvalue weighted by Crippen LogP contribution is -2.35. The van der Waals surface area contributed by atoms with Crippen LogP contribution in [0.4, 0.5) is 0 Å². The molecule has 0 N–H and O–H groups in total. The predicted molar refractivity (Wildman–Crippen MR) is 225 cm³/mol. The molecule has 0 unspecified atom stereocenters. The van der Waals surface area contributed by atoms with Gasteiger partial charge in [0.25, 0.3) is 0 Å². The van der Waals surface area contributed by atoms with E-state index in [1.165, 1.54) is 0 Å². The first-order valence-corrected chi connectivity index (χ1v) is 16.0. The number of ether oxygens (including phenoxy) is 1. The summed E-state index contributed by atoms with van der Waals surface area (Å²) < 4.78 is 270. The van der Waals surface area contributed by atoms with Gasteiger partial charge >= 0.3 is 0 Å². The first-order chi connectivity index (χ1) is 38.3. The van der Waals surface area contributed by atoms with Crippen LogP contribution in [0.15, 0.2) is 180 Å². The van der Waals surface area contributed by atoms with E-state index in [0.717, 1.165) is 16.4 Å². The third-order valence-corrected chi connectivity index (χ3v) is 8.97. The quantitative estimate of drug-likeness (QED) is 0.142. The van der Waals surface area contributed by atoms with Gasteiger partial charge in [0.05, 0.1) is 73.2 Å². The highest BCUT2D eigenvalue weighted by Crippen LogP contribution is 2.40. The van der Waals surface area contributed by atoms with Crippen LogP contribution >= 0.6 is 12.6 Å². The molecule has 1 aliphatic heterocycles. The Morgan fingerprint density at radius 3 is 1.64 bits per heavy atom. The summed E-state index contributed by atoms with van der Waals surface area (Å²) >= 11 is 4.46. The van der Waals surface area contributed by atoms with E-state index >= 15 is 0 Å². The van der Waals surface area contributed by atoms with Crippen molar-refractivity contribution in [1.82, 2.24) is 9.13 Å². The van der Waals surface area contributed by atoms with Crippen molar-refractivity contribution < 1.29 is 44.5 Å². The number of hydrogen-bond donors (Lipinski definition) is 1. The maximum atomic E-state index is 10.0. The van der Waals surface area contributed by atoms with Crippen LogP contribution < -0.4 is 15.7 Å².